The molecule has 0 aromatic carbocycles. The van der Waals surface area contributed by atoms with Gasteiger partial charge in [-0.2, -0.15) is 0 Å². The lowest BCUT2D eigenvalue weighted by molar-refractivity contribution is 0.0298. The predicted octanol–water partition coefficient (Wildman–Crippen LogP) is 2.50. The fourth-order valence-corrected chi connectivity index (χ4v) is 5.02. The zero-order chi connectivity index (χ0) is 18.9. The van der Waals surface area contributed by atoms with Gasteiger partial charge in [0.2, 0.25) is 0 Å². The minimum atomic E-state index is 0.0158. The van der Waals surface area contributed by atoms with Crippen LogP contribution >= 0.6 is 0 Å². The van der Waals surface area contributed by atoms with Crippen molar-refractivity contribution in [2.24, 2.45) is 17.8 Å². The van der Waals surface area contributed by atoms with Crippen molar-refractivity contribution >= 4 is 11.6 Å². The van der Waals surface area contributed by atoms with Crippen LogP contribution in [0.1, 0.15) is 35.4 Å². The van der Waals surface area contributed by atoms with Crippen molar-refractivity contribution in [3.8, 4) is 0 Å². The van der Waals surface area contributed by atoms with Crippen molar-refractivity contribution in [3.05, 3.63) is 47.9 Å². The fourth-order valence-electron chi connectivity index (χ4n) is 5.02. The molecule has 0 radical (unpaired) electrons. The van der Waals surface area contributed by atoms with Crippen LogP contribution in [0.25, 0.3) is 5.65 Å². The number of amides is 1. The third-order valence-electron chi connectivity index (χ3n) is 6.53. The van der Waals surface area contributed by atoms with E-state index >= 15 is 0 Å². The van der Waals surface area contributed by atoms with Gasteiger partial charge in [-0.3, -0.25) is 4.79 Å². The van der Waals surface area contributed by atoms with Gasteiger partial charge in [0, 0.05) is 25.8 Å². The summed E-state index contributed by atoms with van der Waals surface area (Å²) in [4.78, 5) is 19.6. The van der Waals surface area contributed by atoms with Crippen LogP contribution in [-0.4, -0.2) is 53.0 Å². The summed E-state index contributed by atoms with van der Waals surface area (Å²) in [6.07, 6.45) is 10.7. The van der Waals surface area contributed by atoms with Crippen LogP contribution in [-0.2, 0) is 11.3 Å². The molecule has 1 aliphatic heterocycles. The summed E-state index contributed by atoms with van der Waals surface area (Å²) in [5.41, 5.74) is 2.36. The number of ether oxygens (including phenoxy) is 1. The number of aromatic nitrogens is 2. The van der Waals surface area contributed by atoms with Crippen molar-refractivity contribution in [2.45, 2.75) is 25.8 Å². The zero-order valence-electron chi connectivity index (χ0n) is 16.2. The second-order valence-electron chi connectivity index (χ2n) is 8.25. The smallest absolute Gasteiger partial charge is 0.274 e. The van der Waals surface area contributed by atoms with Gasteiger partial charge in [-0.15, -0.1) is 0 Å². The van der Waals surface area contributed by atoms with Crippen molar-refractivity contribution < 1.29 is 9.53 Å². The van der Waals surface area contributed by atoms with E-state index in [0.29, 0.717) is 38.5 Å². The van der Waals surface area contributed by atoms with Gasteiger partial charge in [0.15, 0.2) is 5.69 Å². The van der Waals surface area contributed by atoms with Gasteiger partial charge in [0.05, 0.1) is 18.9 Å². The van der Waals surface area contributed by atoms with Crippen molar-refractivity contribution in [1.29, 1.82) is 0 Å². The Bertz CT molecular complexity index is 884. The van der Waals surface area contributed by atoms with Crippen LogP contribution < -0.4 is 5.32 Å². The molecule has 3 aliphatic rings. The van der Waals surface area contributed by atoms with Crippen molar-refractivity contribution in [3.63, 3.8) is 0 Å². The van der Waals surface area contributed by atoms with E-state index in [0.717, 1.165) is 35.6 Å². The number of allylic oxidation sites excluding steroid dienone is 2. The quantitative estimate of drug-likeness (QED) is 0.618. The number of nitrogens with one attached hydrogen (secondary N) is 1. The molecule has 6 heteroatoms. The predicted molar refractivity (Wildman–Crippen MR) is 107 cm³/mol. The van der Waals surface area contributed by atoms with E-state index in [-0.39, 0.29) is 5.91 Å². The van der Waals surface area contributed by atoms with Gasteiger partial charge in [0.25, 0.3) is 5.91 Å². The van der Waals surface area contributed by atoms with E-state index in [4.69, 9.17) is 4.74 Å². The van der Waals surface area contributed by atoms with Crippen LogP contribution in [0, 0.1) is 17.8 Å². The third kappa shape index (κ3) is 3.35. The van der Waals surface area contributed by atoms with E-state index in [2.05, 4.69) is 22.5 Å². The summed E-state index contributed by atoms with van der Waals surface area (Å²) in [6, 6.07) is 5.91. The molecule has 148 valence electrons. The van der Waals surface area contributed by atoms with Gasteiger partial charge in [-0.25, -0.2) is 4.98 Å². The van der Waals surface area contributed by atoms with Gasteiger partial charge >= 0.3 is 0 Å². The van der Waals surface area contributed by atoms with Crippen molar-refractivity contribution in [2.75, 3.05) is 32.8 Å². The Morgan fingerprint density at radius 3 is 2.89 bits per heavy atom. The first-order chi connectivity index (χ1) is 13.8. The summed E-state index contributed by atoms with van der Waals surface area (Å²) < 4.78 is 7.43. The van der Waals surface area contributed by atoms with E-state index < -0.39 is 0 Å². The molecule has 3 heterocycles. The molecule has 0 spiro atoms. The first kappa shape index (κ1) is 17.9. The minimum absolute atomic E-state index is 0.0158. The van der Waals surface area contributed by atoms with Crippen LogP contribution in [0.15, 0.2) is 36.5 Å². The summed E-state index contributed by atoms with van der Waals surface area (Å²) in [6.45, 7) is 4.12. The summed E-state index contributed by atoms with van der Waals surface area (Å²) >= 11 is 0. The molecule has 1 N–H and O–H groups in total. The average molecular weight is 380 g/mol. The maximum absolute atomic E-state index is 13.1. The lowest BCUT2D eigenvalue weighted by Crippen LogP contribution is -2.41. The molecule has 1 saturated carbocycles. The number of hydrogen-bond acceptors (Lipinski definition) is 4. The SMILES string of the molecule is O=C(c1nc2ccccn2c1CNCC[C@@H]1C[C@@H]2C=C[C@H]1C2)N1CCOCC1. The highest BCUT2D eigenvalue weighted by molar-refractivity contribution is 5.94. The average Bonchev–Trinajstić information content (AvgIpc) is 3.45. The normalized spacial score (nSPS) is 26.4. The Hall–Kier alpha value is -2.18. The molecule has 2 aliphatic carbocycles. The lowest BCUT2D eigenvalue weighted by atomic mass is 9.91. The molecule has 1 saturated heterocycles. The molecule has 6 nitrogen and oxygen atoms in total. The number of pyridine rings is 1. The highest BCUT2D eigenvalue weighted by Gasteiger charge is 2.34. The molecule has 2 bridgehead atoms. The largest absolute Gasteiger partial charge is 0.378 e. The number of imidazole rings is 1. The second-order valence-corrected chi connectivity index (χ2v) is 8.25. The number of rotatable bonds is 6. The van der Waals surface area contributed by atoms with E-state index in [1.54, 1.807) is 0 Å². The number of nitrogens with zero attached hydrogens (tertiary/aromatic N) is 3. The van der Waals surface area contributed by atoms with Crippen LogP contribution in [0.2, 0.25) is 0 Å². The molecular weight excluding hydrogens is 352 g/mol. The zero-order valence-corrected chi connectivity index (χ0v) is 16.2. The third-order valence-corrected chi connectivity index (χ3v) is 6.53. The Morgan fingerprint density at radius 2 is 2.11 bits per heavy atom. The van der Waals surface area contributed by atoms with E-state index in [1.807, 2.05) is 33.7 Å². The van der Waals surface area contributed by atoms with Gasteiger partial charge in [-0.1, -0.05) is 18.2 Å². The van der Waals surface area contributed by atoms with Crippen LogP contribution in [0.4, 0.5) is 0 Å². The first-order valence-corrected chi connectivity index (χ1v) is 10.5. The lowest BCUT2D eigenvalue weighted by Gasteiger charge is -2.26. The molecule has 2 aromatic rings. The summed E-state index contributed by atoms with van der Waals surface area (Å²) in [5, 5.41) is 3.58. The monoisotopic (exact) mass is 380 g/mol. The number of fused-ring (bicyclic) bond motifs is 3. The molecule has 0 unspecified atom stereocenters. The molecule has 2 fully saturated rings. The number of carbonyl (C=O) groups excluding carboxylic acids is 1. The Kier molecular flexibility index (Phi) is 4.91. The Morgan fingerprint density at radius 1 is 1.21 bits per heavy atom. The highest BCUT2D eigenvalue weighted by Crippen LogP contribution is 2.44. The Balaban J connectivity index is 1.28. The molecule has 1 amide bonds. The molecule has 5 rings (SSSR count). The highest BCUT2D eigenvalue weighted by atomic mass is 16.5. The summed E-state index contributed by atoms with van der Waals surface area (Å²) in [5.74, 6) is 2.45. The number of carbonyl (C=O) groups is 1. The summed E-state index contributed by atoms with van der Waals surface area (Å²) in [7, 11) is 0. The maximum atomic E-state index is 13.1. The minimum Gasteiger partial charge on any atom is -0.378 e. The van der Waals surface area contributed by atoms with Gasteiger partial charge in [0.1, 0.15) is 5.65 Å². The topological polar surface area (TPSA) is 58.9 Å². The van der Waals surface area contributed by atoms with Gasteiger partial charge in [-0.05, 0) is 55.7 Å². The number of hydrogen-bond donors (Lipinski definition) is 1. The molecule has 3 atom stereocenters. The number of morpholine rings is 1. The first-order valence-electron chi connectivity index (χ1n) is 10.5. The van der Waals surface area contributed by atoms with E-state index in [9.17, 15) is 4.79 Å². The molecular formula is C22H28N4O2. The molecule has 28 heavy (non-hydrogen) atoms. The maximum Gasteiger partial charge on any atom is 0.274 e. The molecule has 2 aromatic heterocycles. The standard InChI is InChI=1S/C22H28N4O2/c27-22(25-9-11-28-12-10-25)21-19(26-8-2-1-3-20(26)24-21)15-23-7-6-18-14-16-4-5-17(18)13-16/h1-5,8,16-18,23H,6-7,9-15H2/t16-,17+,18-/m1/s1. The van der Waals surface area contributed by atoms with Gasteiger partial charge < -0.3 is 19.4 Å². The fraction of sp³-hybridized carbons (Fsp3) is 0.545. The second kappa shape index (κ2) is 7.68. The Labute approximate surface area is 165 Å². The van der Waals surface area contributed by atoms with E-state index in [1.165, 1.54) is 19.3 Å². The van der Waals surface area contributed by atoms with Crippen LogP contribution in [0.3, 0.4) is 0 Å². The van der Waals surface area contributed by atoms with Crippen molar-refractivity contribution in [1.82, 2.24) is 19.6 Å². The van der Waals surface area contributed by atoms with Crippen LogP contribution in [0.5, 0.6) is 0 Å².